The second kappa shape index (κ2) is 7.85. The number of likely N-dealkylation sites (tertiary alicyclic amines) is 1. The summed E-state index contributed by atoms with van der Waals surface area (Å²) in [5.74, 6) is 0.501. The first-order valence-corrected chi connectivity index (χ1v) is 11.9. The number of amides is 2. The van der Waals surface area contributed by atoms with Gasteiger partial charge in [-0.2, -0.15) is 0 Å². The molecule has 0 N–H and O–H groups in total. The van der Waals surface area contributed by atoms with Crippen molar-refractivity contribution in [3.8, 4) is 5.75 Å². The number of piperazine rings is 1. The van der Waals surface area contributed by atoms with Gasteiger partial charge in [0.25, 0.3) is 0 Å². The van der Waals surface area contributed by atoms with Crippen LogP contribution in [0.15, 0.2) is 24.3 Å². The third-order valence-electron chi connectivity index (χ3n) is 6.17. The van der Waals surface area contributed by atoms with Crippen molar-refractivity contribution in [1.29, 1.82) is 0 Å². The van der Waals surface area contributed by atoms with Crippen LogP contribution in [0.1, 0.15) is 12.8 Å². The minimum atomic E-state index is -3.06. The van der Waals surface area contributed by atoms with E-state index in [1.807, 2.05) is 29.2 Å². The summed E-state index contributed by atoms with van der Waals surface area (Å²) in [4.78, 5) is 31.1. The van der Waals surface area contributed by atoms with Gasteiger partial charge < -0.3 is 19.4 Å². The van der Waals surface area contributed by atoms with Gasteiger partial charge in [-0.1, -0.05) is 12.1 Å². The summed E-state index contributed by atoms with van der Waals surface area (Å²) in [5.41, 5.74) is 1.02. The molecule has 0 spiro atoms. The molecule has 2 amide bonds. The molecule has 3 aliphatic heterocycles. The number of para-hydroxylation sites is 2. The van der Waals surface area contributed by atoms with Crippen molar-refractivity contribution in [2.75, 3.05) is 56.2 Å². The van der Waals surface area contributed by atoms with E-state index in [2.05, 4.69) is 4.90 Å². The number of hydrogen-bond donors (Lipinski definition) is 0. The van der Waals surface area contributed by atoms with E-state index >= 15 is 0 Å². The van der Waals surface area contributed by atoms with Gasteiger partial charge in [-0.15, -0.1) is 0 Å². The van der Waals surface area contributed by atoms with Crippen LogP contribution >= 0.6 is 0 Å². The minimum Gasteiger partial charge on any atom is -0.495 e. The zero-order valence-corrected chi connectivity index (χ0v) is 17.4. The number of rotatable bonds is 4. The predicted molar refractivity (Wildman–Crippen MR) is 109 cm³/mol. The van der Waals surface area contributed by atoms with Crippen molar-refractivity contribution in [1.82, 2.24) is 9.80 Å². The number of carbonyl (C=O) groups is 2. The Morgan fingerprint density at radius 1 is 1.14 bits per heavy atom. The van der Waals surface area contributed by atoms with Gasteiger partial charge >= 0.3 is 0 Å². The molecule has 0 bridgehead atoms. The molecule has 3 heterocycles. The van der Waals surface area contributed by atoms with Crippen LogP contribution < -0.4 is 9.64 Å². The molecule has 1 aromatic carbocycles. The molecule has 3 saturated heterocycles. The Labute approximate surface area is 171 Å². The van der Waals surface area contributed by atoms with E-state index in [1.165, 1.54) is 0 Å². The van der Waals surface area contributed by atoms with Crippen molar-refractivity contribution >= 4 is 27.3 Å². The SMILES string of the molecule is COc1ccccc1N1CCN(C(=O)[C@@H]2CC(=O)N([C@@H]3CCS(=O)(=O)C3)C2)CC1. The first-order valence-electron chi connectivity index (χ1n) is 10.0. The fraction of sp³-hybridized carbons (Fsp3) is 0.600. The van der Waals surface area contributed by atoms with Crippen molar-refractivity contribution in [3.63, 3.8) is 0 Å². The van der Waals surface area contributed by atoms with Crippen molar-refractivity contribution < 1.29 is 22.7 Å². The maximum absolute atomic E-state index is 13.0. The molecule has 9 heteroatoms. The van der Waals surface area contributed by atoms with Crippen LogP contribution in [0.3, 0.4) is 0 Å². The molecule has 0 unspecified atom stereocenters. The van der Waals surface area contributed by atoms with Gasteiger partial charge in [0.1, 0.15) is 5.75 Å². The van der Waals surface area contributed by atoms with Gasteiger partial charge in [-0.25, -0.2) is 8.42 Å². The Balaban J connectivity index is 1.35. The highest BCUT2D eigenvalue weighted by molar-refractivity contribution is 7.91. The van der Waals surface area contributed by atoms with E-state index in [0.29, 0.717) is 39.1 Å². The lowest BCUT2D eigenvalue weighted by molar-refractivity contribution is -0.136. The summed E-state index contributed by atoms with van der Waals surface area (Å²) in [6.07, 6.45) is 0.661. The van der Waals surface area contributed by atoms with Crippen molar-refractivity contribution in [2.45, 2.75) is 18.9 Å². The Hall–Kier alpha value is -2.29. The van der Waals surface area contributed by atoms with Crippen LogP contribution in [0, 0.1) is 5.92 Å². The summed E-state index contributed by atoms with van der Waals surface area (Å²) >= 11 is 0. The molecule has 0 radical (unpaired) electrons. The van der Waals surface area contributed by atoms with Gasteiger partial charge in [-0.05, 0) is 18.6 Å². The van der Waals surface area contributed by atoms with E-state index in [9.17, 15) is 18.0 Å². The van der Waals surface area contributed by atoms with Gasteiger partial charge in [0, 0.05) is 45.2 Å². The lowest BCUT2D eigenvalue weighted by Crippen LogP contribution is -2.51. The fourth-order valence-corrected chi connectivity index (χ4v) is 6.32. The molecular formula is C20H27N3O5S. The fourth-order valence-electron chi connectivity index (χ4n) is 4.59. The van der Waals surface area contributed by atoms with Crippen LogP contribution in [0.4, 0.5) is 5.69 Å². The monoisotopic (exact) mass is 421 g/mol. The van der Waals surface area contributed by atoms with Gasteiger partial charge in [0.05, 0.1) is 30.2 Å². The quantitative estimate of drug-likeness (QED) is 0.699. The Morgan fingerprint density at radius 2 is 1.86 bits per heavy atom. The van der Waals surface area contributed by atoms with Crippen molar-refractivity contribution in [3.05, 3.63) is 24.3 Å². The third kappa shape index (κ3) is 4.05. The molecule has 158 valence electrons. The van der Waals surface area contributed by atoms with E-state index in [1.54, 1.807) is 12.0 Å². The topological polar surface area (TPSA) is 87.2 Å². The zero-order valence-electron chi connectivity index (χ0n) is 16.6. The summed E-state index contributed by atoms with van der Waals surface area (Å²) in [7, 11) is -1.41. The smallest absolute Gasteiger partial charge is 0.228 e. The molecule has 4 rings (SSSR count). The Kier molecular flexibility index (Phi) is 5.42. The largest absolute Gasteiger partial charge is 0.495 e. The maximum atomic E-state index is 13.0. The van der Waals surface area contributed by atoms with Gasteiger partial charge in [0.2, 0.25) is 11.8 Å². The number of sulfone groups is 1. The second-order valence-corrected chi connectivity index (χ2v) is 10.2. The lowest BCUT2D eigenvalue weighted by atomic mass is 10.1. The standard InChI is InChI=1S/C20H27N3O5S/c1-28-18-5-3-2-4-17(18)21-7-9-22(10-8-21)20(25)15-12-19(24)23(13-15)16-6-11-29(26,27)14-16/h2-5,15-16H,6-14H2,1H3/t15-,16-/m1/s1. The number of nitrogens with zero attached hydrogens (tertiary/aromatic N) is 3. The van der Waals surface area contributed by atoms with Crippen molar-refractivity contribution in [2.24, 2.45) is 5.92 Å². The molecule has 8 nitrogen and oxygen atoms in total. The number of hydrogen-bond acceptors (Lipinski definition) is 6. The van der Waals surface area contributed by atoms with Gasteiger partial charge in [-0.3, -0.25) is 9.59 Å². The maximum Gasteiger partial charge on any atom is 0.228 e. The highest BCUT2D eigenvalue weighted by atomic mass is 32.2. The highest BCUT2D eigenvalue weighted by Gasteiger charge is 2.43. The average Bonchev–Trinajstić information content (AvgIpc) is 3.29. The number of methoxy groups -OCH3 is 1. The molecule has 0 aliphatic carbocycles. The summed E-state index contributed by atoms with van der Waals surface area (Å²) in [6, 6.07) is 7.57. The number of anilines is 1. The van der Waals surface area contributed by atoms with Crippen LogP contribution in [-0.2, 0) is 19.4 Å². The summed E-state index contributed by atoms with van der Waals surface area (Å²) < 4.78 is 28.9. The normalized spacial score (nSPS) is 26.8. The van der Waals surface area contributed by atoms with E-state index in [0.717, 1.165) is 11.4 Å². The molecule has 1 aromatic rings. The first kappa shape index (κ1) is 20.0. The third-order valence-corrected chi connectivity index (χ3v) is 7.92. The number of ether oxygens (including phenoxy) is 1. The summed E-state index contributed by atoms with van der Waals surface area (Å²) in [5, 5.41) is 0. The molecule has 0 aromatic heterocycles. The van der Waals surface area contributed by atoms with Crippen LogP contribution in [0.25, 0.3) is 0 Å². The Bertz CT molecular complexity index is 895. The van der Waals surface area contributed by atoms with Crippen LogP contribution in [0.5, 0.6) is 5.75 Å². The van der Waals surface area contributed by atoms with E-state index in [4.69, 9.17) is 4.74 Å². The van der Waals surface area contributed by atoms with Gasteiger partial charge in [0.15, 0.2) is 9.84 Å². The van der Waals surface area contributed by atoms with E-state index < -0.39 is 9.84 Å². The molecule has 3 aliphatic rings. The zero-order chi connectivity index (χ0) is 20.6. The lowest BCUT2D eigenvalue weighted by Gasteiger charge is -2.37. The van der Waals surface area contributed by atoms with E-state index in [-0.39, 0.29) is 41.7 Å². The average molecular weight is 422 g/mol. The molecular weight excluding hydrogens is 394 g/mol. The number of carbonyl (C=O) groups excluding carboxylic acids is 2. The molecule has 29 heavy (non-hydrogen) atoms. The number of benzene rings is 1. The molecule has 2 atom stereocenters. The highest BCUT2D eigenvalue weighted by Crippen LogP contribution is 2.30. The molecule has 0 saturated carbocycles. The van der Waals surface area contributed by atoms with Crippen LogP contribution in [-0.4, -0.2) is 87.4 Å². The molecule has 3 fully saturated rings. The predicted octanol–water partition coefficient (Wildman–Crippen LogP) is 0.379. The minimum absolute atomic E-state index is 0.00128. The Morgan fingerprint density at radius 3 is 2.52 bits per heavy atom. The first-order chi connectivity index (χ1) is 13.9. The van der Waals surface area contributed by atoms with Crippen LogP contribution in [0.2, 0.25) is 0 Å². The summed E-state index contributed by atoms with van der Waals surface area (Å²) in [6.45, 7) is 2.94. The second-order valence-electron chi connectivity index (χ2n) is 7.99.